The normalized spacial score (nSPS) is 10.9. The number of nitrogens with zero attached hydrogens (tertiary/aromatic N) is 2. The summed E-state index contributed by atoms with van der Waals surface area (Å²) in [4.78, 5) is 57.0. The van der Waals surface area contributed by atoms with Crippen LogP contribution in [0.1, 0.15) is 57.1 Å². The topological polar surface area (TPSA) is 117 Å². The highest BCUT2D eigenvalue weighted by Gasteiger charge is 2.27. The molecule has 3 rings (SSSR count). The molecule has 176 valence electrons. The number of anilines is 1. The summed E-state index contributed by atoms with van der Waals surface area (Å²) >= 11 is 2.39. The van der Waals surface area contributed by atoms with Crippen molar-refractivity contribution in [2.75, 3.05) is 18.5 Å². The van der Waals surface area contributed by atoms with Gasteiger partial charge in [0.05, 0.1) is 24.2 Å². The summed E-state index contributed by atoms with van der Waals surface area (Å²) in [5.41, 5.74) is 0.166. The summed E-state index contributed by atoms with van der Waals surface area (Å²) in [6, 6.07) is 1.80. The van der Waals surface area contributed by atoms with Crippen LogP contribution in [0, 0.1) is 13.8 Å². The number of hydrogen-bond donors (Lipinski definition) is 1. The van der Waals surface area contributed by atoms with Gasteiger partial charge in [-0.05, 0) is 45.7 Å². The quantitative estimate of drug-likeness (QED) is 0.478. The van der Waals surface area contributed by atoms with Crippen LogP contribution < -0.4 is 10.9 Å². The second-order valence-electron chi connectivity index (χ2n) is 7.08. The summed E-state index contributed by atoms with van der Waals surface area (Å²) in [7, 11) is 0. The molecule has 1 amide bonds. The fourth-order valence-corrected chi connectivity index (χ4v) is 5.39. The Hall–Kier alpha value is -3.05. The Balaban J connectivity index is 1.94. The number of thiophene rings is 2. The van der Waals surface area contributed by atoms with E-state index < -0.39 is 17.8 Å². The summed E-state index contributed by atoms with van der Waals surface area (Å²) in [6.45, 7) is 8.62. The predicted molar refractivity (Wildman–Crippen MR) is 128 cm³/mol. The fraction of sp³-hybridized carbons (Fsp3) is 0.409. The van der Waals surface area contributed by atoms with Crippen molar-refractivity contribution in [3.63, 3.8) is 0 Å². The zero-order chi connectivity index (χ0) is 24.3. The number of hydrogen-bond acceptors (Lipinski definition) is 9. The van der Waals surface area contributed by atoms with E-state index in [4.69, 9.17) is 9.47 Å². The molecular formula is C22H25N3O6S2. The molecule has 0 aliphatic heterocycles. The Morgan fingerprint density at radius 1 is 1.06 bits per heavy atom. The van der Waals surface area contributed by atoms with Crippen molar-refractivity contribution in [2.24, 2.45) is 0 Å². The second kappa shape index (κ2) is 10.3. The van der Waals surface area contributed by atoms with Crippen LogP contribution in [0.5, 0.6) is 0 Å². The number of carbonyl (C=O) groups is 3. The molecule has 0 aliphatic rings. The molecular weight excluding hydrogens is 466 g/mol. The summed E-state index contributed by atoms with van der Waals surface area (Å²) < 4.78 is 11.4. The summed E-state index contributed by atoms with van der Waals surface area (Å²) in [6.07, 6.45) is 0.789. The highest BCUT2D eigenvalue weighted by atomic mass is 32.1. The number of amides is 1. The van der Waals surface area contributed by atoms with Gasteiger partial charge in [0, 0.05) is 4.88 Å². The first-order valence-corrected chi connectivity index (χ1v) is 12.1. The summed E-state index contributed by atoms with van der Waals surface area (Å²) in [5, 5.41) is 3.30. The van der Waals surface area contributed by atoms with E-state index in [1.54, 1.807) is 33.8 Å². The zero-order valence-electron chi connectivity index (χ0n) is 19.1. The Morgan fingerprint density at radius 2 is 1.73 bits per heavy atom. The first kappa shape index (κ1) is 24.6. The molecule has 0 aliphatic carbocycles. The molecule has 1 N–H and O–H groups in total. The first-order valence-electron chi connectivity index (χ1n) is 10.5. The fourth-order valence-electron chi connectivity index (χ4n) is 3.28. The highest BCUT2D eigenvalue weighted by molar-refractivity contribution is 7.19. The van der Waals surface area contributed by atoms with Gasteiger partial charge in [-0.15, -0.1) is 22.7 Å². The molecule has 3 heterocycles. The minimum absolute atomic E-state index is 0.0984. The number of aryl methyl sites for hydroxylation is 2. The molecule has 33 heavy (non-hydrogen) atoms. The van der Waals surface area contributed by atoms with E-state index >= 15 is 0 Å². The molecule has 3 aromatic rings. The third kappa shape index (κ3) is 4.98. The smallest absolute Gasteiger partial charge is 0.348 e. The molecule has 0 unspecified atom stereocenters. The number of carbonyl (C=O) groups excluding carboxylic acids is 3. The third-order valence-electron chi connectivity index (χ3n) is 4.88. The Labute approximate surface area is 198 Å². The van der Waals surface area contributed by atoms with Crippen LogP contribution in [0.25, 0.3) is 10.2 Å². The van der Waals surface area contributed by atoms with Crippen LogP contribution >= 0.6 is 22.7 Å². The number of ether oxygens (including phenoxy) is 2. The van der Waals surface area contributed by atoms with E-state index in [1.807, 2.05) is 6.92 Å². The molecule has 3 aromatic heterocycles. The Morgan fingerprint density at radius 3 is 2.36 bits per heavy atom. The van der Waals surface area contributed by atoms with Crippen LogP contribution in [0.4, 0.5) is 5.00 Å². The standard InChI is InChI=1S/C22H25N3O6S2/c1-6-13-9-14-18(32-13)23-12(5)25(20(14)27)10-15(26)24-19-16(21(28)30-7-2)11(4)17(33-19)22(29)31-8-3/h9H,6-8,10H2,1-5H3,(H,24,26). The van der Waals surface area contributed by atoms with Crippen LogP contribution in [-0.2, 0) is 27.2 Å². The Kier molecular flexibility index (Phi) is 7.65. The maximum Gasteiger partial charge on any atom is 0.348 e. The molecule has 9 nitrogen and oxygen atoms in total. The maximum absolute atomic E-state index is 13.0. The summed E-state index contributed by atoms with van der Waals surface area (Å²) in [5.74, 6) is -1.36. The number of esters is 2. The molecule has 0 aromatic carbocycles. The van der Waals surface area contributed by atoms with Crippen molar-refractivity contribution < 1.29 is 23.9 Å². The highest BCUT2D eigenvalue weighted by Crippen LogP contribution is 2.34. The maximum atomic E-state index is 13.0. The number of nitrogens with one attached hydrogen (secondary N) is 1. The zero-order valence-corrected chi connectivity index (χ0v) is 20.7. The van der Waals surface area contributed by atoms with Crippen molar-refractivity contribution >= 4 is 55.7 Å². The van der Waals surface area contributed by atoms with Crippen molar-refractivity contribution in [3.05, 3.63) is 43.1 Å². The molecule has 0 saturated heterocycles. The Bertz CT molecular complexity index is 1290. The molecule has 0 radical (unpaired) electrons. The van der Waals surface area contributed by atoms with Crippen molar-refractivity contribution in [2.45, 2.75) is 47.6 Å². The number of fused-ring (bicyclic) bond motifs is 1. The van der Waals surface area contributed by atoms with Crippen molar-refractivity contribution in [1.29, 1.82) is 0 Å². The predicted octanol–water partition coefficient (Wildman–Crippen LogP) is 3.69. The largest absolute Gasteiger partial charge is 0.462 e. The molecule has 0 spiro atoms. The molecule has 11 heteroatoms. The van der Waals surface area contributed by atoms with E-state index in [0.29, 0.717) is 21.6 Å². The van der Waals surface area contributed by atoms with Crippen LogP contribution in [-0.4, -0.2) is 40.6 Å². The van der Waals surface area contributed by atoms with E-state index in [9.17, 15) is 19.2 Å². The van der Waals surface area contributed by atoms with Crippen LogP contribution in [0.3, 0.4) is 0 Å². The van der Waals surface area contributed by atoms with Gasteiger partial charge in [0.25, 0.3) is 5.56 Å². The average Bonchev–Trinajstić information content (AvgIpc) is 3.32. The minimum atomic E-state index is -0.654. The number of aromatic nitrogens is 2. The van der Waals surface area contributed by atoms with Gasteiger partial charge in [-0.25, -0.2) is 14.6 Å². The SMILES string of the molecule is CCOC(=O)c1sc(NC(=O)Cn2c(C)nc3sc(CC)cc3c2=O)c(C(=O)OCC)c1C. The van der Waals surface area contributed by atoms with Gasteiger partial charge in [-0.3, -0.25) is 14.2 Å². The molecule has 0 saturated carbocycles. The van der Waals surface area contributed by atoms with Crippen LogP contribution in [0.15, 0.2) is 10.9 Å². The lowest BCUT2D eigenvalue weighted by Crippen LogP contribution is -2.30. The third-order valence-corrected chi connectivity index (χ3v) is 7.24. The average molecular weight is 492 g/mol. The van der Waals surface area contributed by atoms with Gasteiger partial charge in [0.2, 0.25) is 5.91 Å². The lowest BCUT2D eigenvalue weighted by Gasteiger charge is -2.10. The van der Waals surface area contributed by atoms with Gasteiger partial charge in [-0.2, -0.15) is 0 Å². The molecule has 0 fully saturated rings. The van der Waals surface area contributed by atoms with Gasteiger partial charge < -0.3 is 14.8 Å². The van der Waals surface area contributed by atoms with Gasteiger partial charge in [0.15, 0.2) is 0 Å². The lowest BCUT2D eigenvalue weighted by atomic mass is 10.1. The minimum Gasteiger partial charge on any atom is -0.462 e. The number of rotatable bonds is 8. The van der Waals surface area contributed by atoms with Gasteiger partial charge in [-0.1, -0.05) is 6.92 Å². The van der Waals surface area contributed by atoms with Crippen molar-refractivity contribution in [3.8, 4) is 0 Å². The first-order chi connectivity index (χ1) is 15.7. The molecule has 0 bridgehead atoms. The van der Waals surface area contributed by atoms with Crippen molar-refractivity contribution in [1.82, 2.24) is 9.55 Å². The second-order valence-corrected chi connectivity index (χ2v) is 9.22. The van der Waals surface area contributed by atoms with E-state index in [1.165, 1.54) is 15.9 Å². The lowest BCUT2D eigenvalue weighted by molar-refractivity contribution is -0.116. The van der Waals surface area contributed by atoms with Gasteiger partial charge in [0.1, 0.15) is 27.1 Å². The van der Waals surface area contributed by atoms with E-state index in [0.717, 1.165) is 22.6 Å². The van der Waals surface area contributed by atoms with E-state index in [2.05, 4.69) is 10.3 Å². The van der Waals surface area contributed by atoms with E-state index in [-0.39, 0.29) is 40.8 Å². The molecule has 0 atom stereocenters. The monoisotopic (exact) mass is 491 g/mol. The van der Waals surface area contributed by atoms with Gasteiger partial charge >= 0.3 is 11.9 Å². The van der Waals surface area contributed by atoms with Crippen LogP contribution in [0.2, 0.25) is 0 Å².